The van der Waals surface area contributed by atoms with Crippen molar-refractivity contribution in [3.8, 4) is 10.4 Å². The average Bonchev–Trinajstić information content (AvgIpc) is 3.27. The third-order valence-electron chi connectivity index (χ3n) is 5.21. The molecule has 1 amide bonds. The molecule has 3 aromatic rings. The molecule has 6 nitrogen and oxygen atoms in total. The van der Waals surface area contributed by atoms with Crippen LogP contribution in [0.5, 0.6) is 0 Å². The number of hydrogen-bond donors (Lipinski definition) is 0. The van der Waals surface area contributed by atoms with Gasteiger partial charge in [0, 0.05) is 53.7 Å². The molecule has 0 bridgehead atoms. The molecule has 31 heavy (non-hydrogen) atoms. The first-order chi connectivity index (χ1) is 15.0. The number of benzene rings is 1. The van der Waals surface area contributed by atoms with Crippen LogP contribution in [-0.4, -0.2) is 59.9 Å². The number of carbonyl (C=O) groups is 2. The molecule has 1 aromatic carbocycles. The highest BCUT2D eigenvalue weighted by Crippen LogP contribution is 2.30. The van der Waals surface area contributed by atoms with E-state index in [0.717, 1.165) is 30.2 Å². The van der Waals surface area contributed by atoms with Crippen LogP contribution in [0.4, 0.5) is 0 Å². The Bertz CT molecular complexity index is 1080. The third-order valence-corrected chi connectivity index (χ3v) is 6.57. The quantitative estimate of drug-likeness (QED) is 0.539. The molecule has 1 aliphatic rings. The molecular formula is C23H22ClN3O3S. The smallest absolute Gasteiger partial charge is 0.356 e. The zero-order chi connectivity index (χ0) is 21.8. The summed E-state index contributed by atoms with van der Waals surface area (Å²) in [5.41, 5.74) is 1.80. The summed E-state index contributed by atoms with van der Waals surface area (Å²) < 4.78 is 4.64. The zero-order valence-corrected chi connectivity index (χ0v) is 18.7. The SMILES string of the molecule is COC(=O)c1ccc(C(=O)N2CCN(Cc3ccc(-c4cccc(Cl)c4)s3)CC2)cn1. The fourth-order valence-corrected chi connectivity index (χ4v) is 4.75. The number of ether oxygens (including phenoxy) is 1. The van der Waals surface area contributed by atoms with Crippen LogP contribution < -0.4 is 0 Å². The van der Waals surface area contributed by atoms with Crippen molar-refractivity contribution in [3.05, 3.63) is 75.9 Å². The minimum absolute atomic E-state index is 0.0667. The molecule has 0 saturated carbocycles. The highest BCUT2D eigenvalue weighted by atomic mass is 35.5. The number of pyridine rings is 1. The maximum absolute atomic E-state index is 12.7. The van der Waals surface area contributed by atoms with Crippen molar-refractivity contribution in [3.63, 3.8) is 0 Å². The number of carbonyl (C=O) groups excluding carboxylic acids is 2. The molecule has 3 heterocycles. The lowest BCUT2D eigenvalue weighted by molar-refractivity contribution is 0.0589. The van der Waals surface area contributed by atoms with E-state index in [1.807, 2.05) is 23.1 Å². The van der Waals surface area contributed by atoms with Crippen molar-refractivity contribution in [2.24, 2.45) is 0 Å². The molecule has 8 heteroatoms. The number of piperazine rings is 1. The third kappa shape index (κ3) is 5.12. The molecule has 0 N–H and O–H groups in total. The largest absolute Gasteiger partial charge is 0.464 e. The molecule has 2 aromatic heterocycles. The van der Waals surface area contributed by atoms with Gasteiger partial charge in [-0.15, -0.1) is 11.3 Å². The molecule has 1 fully saturated rings. The number of halogens is 1. The Hall–Kier alpha value is -2.74. The van der Waals surface area contributed by atoms with Gasteiger partial charge in [-0.05, 0) is 42.0 Å². The normalized spacial score (nSPS) is 14.5. The lowest BCUT2D eigenvalue weighted by atomic mass is 10.2. The standard InChI is InChI=1S/C23H22ClN3O3S/c1-30-23(29)20-7-5-17(14-25-20)22(28)27-11-9-26(10-12-27)15-19-6-8-21(31-19)16-3-2-4-18(24)13-16/h2-8,13-14H,9-12,15H2,1H3. The van der Waals surface area contributed by atoms with E-state index in [-0.39, 0.29) is 11.6 Å². The summed E-state index contributed by atoms with van der Waals surface area (Å²) >= 11 is 7.88. The second-order valence-electron chi connectivity index (χ2n) is 7.27. The van der Waals surface area contributed by atoms with Crippen molar-refractivity contribution in [1.82, 2.24) is 14.8 Å². The summed E-state index contributed by atoms with van der Waals surface area (Å²) in [6, 6.07) is 15.3. The van der Waals surface area contributed by atoms with Crippen LogP contribution in [0.15, 0.2) is 54.7 Å². The van der Waals surface area contributed by atoms with Crippen LogP contribution in [0.25, 0.3) is 10.4 Å². The number of thiophene rings is 1. The monoisotopic (exact) mass is 455 g/mol. The van der Waals surface area contributed by atoms with Crippen LogP contribution in [0, 0.1) is 0 Å². The summed E-state index contributed by atoms with van der Waals surface area (Å²) in [7, 11) is 1.30. The topological polar surface area (TPSA) is 62.7 Å². The number of nitrogens with zero attached hydrogens (tertiary/aromatic N) is 3. The molecule has 0 spiro atoms. The number of aromatic nitrogens is 1. The van der Waals surface area contributed by atoms with E-state index in [1.54, 1.807) is 17.4 Å². The Morgan fingerprint density at radius 3 is 2.58 bits per heavy atom. The Kier molecular flexibility index (Phi) is 6.65. The van der Waals surface area contributed by atoms with Crippen molar-refractivity contribution in [2.45, 2.75) is 6.54 Å². The lowest BCUT2D eigenvalue weighted by Crippen LogP contribution is -2.48. The van der Waals surface area contributed by atoms with E-state index in [4.69, 9.17) is 11.6 Å². The maximum atomic E-state index is 12.7. The van der Waals surface area contributed by atoms with Gasteiger partial charge < -0.3 is 9.64 Å². The van der Waals surface area contributed by atoms with Gasteiger partial charge in [0.05, 0.1) is 12.7 Å². The first kappa shape index (κ1) is 21.5. The van der Waals surface area contributed by atoms with E-state index in [9.17, 15) is 9.59 Å². The minimum Gasteiger partial charge on any atom is -0.464 e. The first-order valence-corrected chi connectivity index (χ1v) is 11.1. The van der Waals surface area contributed by atoms with E-state index < -0.39 is 5.97 Å². The Labute approximate surface area is 190 Å². The van der Waals surface area contributed by atoms with E-state index in [2.05, 4.69) is 32.8 Å². The van der Waals surface area contributed by atoms with Crippen molar-refractivity contribution in [1.29, 1.82) is 0 Å². The molecule has 1 aliphatic heterocycles. The molecule has 4 rings (SSSR count). The first-order valence-electron chi connectivity index (χ1n) is 9.94. The predicted molar refractivity (Wildman–Crippen MR) is 122 cm³/mol. The van der Waals surface area contributed by atoms with Gasteiger partial charge in [-0.1, -0.05) is 23.7 Å². The second-order valence-corrected chi connectivity index (χ2v) is 8.87. The number of hydrogen-bond acceptors (Lipinski definition) is 6. The number of methoxy groups -OCH3 is 1. The molecule has 0 unspecified atom stereocenters. The van der Waals surface area contributed by atoms with Gasteiger partial charge in [0.25, 0.3) is 5.91 Å². The Morgan fingerprint density at radius 2 is 1.90 bits per heavy atom. The summed E-state index contributed by atoms with van der Waals surface area (Å²) in [5, 5.41) is 0.739. The summed E-state index contributed by atoms with van der Waals surface area (Å²) in [6.07, 6.45) is 1.43. The maximum Gasteiger partial charge on any atom is 0.356 e. The Balaban J connectivity index is 1.32. The summed E-state index contributed by atoms with van der Waals surface area (Å²) in [4.78, 5) is 34.9. The highest BCUT2D eigenvalue weighted by molar-refractivity contribution is 7.15. The number of rotatable bonds is 5. The van der Waals surface area contributed by atoms with Crippen LogP contribution in [0.3, 0.4) is 0 Å². The van der Waals surface area contributed by atoms with Crippen LogP contribution in [-0.2, 0) is 11.3 Å². The number of esters is 1. The van der Waals surface area contributed by atoms with E-state index >= 15 is 0 Å². The fraction of sp³-hybridized carbons (Fsp3) is 0.261. The molecule has 0 aliphatic carbocycles. The van der Waals surface area contributed by atoms with Crippen molar-refractivity contribution in [2.75, 3.05) is 33.3 Å². The lowest BCUT2D eigenvalue weighted by Gasteiger charge is -2.34. The zero-order valence-electron chi connectivity index (χ0n) is 17.1. The van der Waals surface area contributed by atoms with Crippen molar-refractivity contribution < 1.29 is 14.3 Å². The summed E-state index contributed by atoms with van der Waals surface area (Å²) in [5.74, 6) is -0.581. The van der Waals surface area contributed by atoms with Crippen LogP contribution in [0.2, 0.25) is 5.02 Å². The van der Waals surface area contributed by atoms with Gasteiger partial charge in [-0.2, -0.15) is 0 Å². The van der Waals surface area contributed by atoms with E-state index in [1.165, 1.54) is 29.1 Å². The molecule has 1 saturated heterocycles. The fourth-order valence-electron chi connectivity index (χ4n) is 3.52. The van der Waals surface area contributed by atoms with Gasteiger partial charge >= 0.3 is 5.97 Å². The molecule has 160 valence electrons. The van der Waals surface area contributed by atoms with Crippen molar-refractivity contribution >= 4 is 34.8 Å². The van der Waals surface area contributed by atoms with Gasteiger partial charge in [0.1, 0.15) is 5.69 Å². The van der Waals surface area contributed by atoms with Crippen LogP contribution in [0.1, 0.15) is 25.7 Å². The number of amides is 1. The van der Waals surface area contributed by atoms with Gasteiger partial charge in [0.15, 0.2) is 0 Å². The minimum atomic E-state index is -0.514. The highest BCUT2D eigenvalue weighted by Gasteiger charge is 2.23. The van der Waals surface area contributed by atoms with Gasteiger partial charge in [0.2, 0.25) is 0 Å². The van der Waals surface area contributed by atoms with Gasteiger partial charge in [-0.25, -0.2) is 9.78 Å². The van der Waals surface area contributed by atoms with Gasteiger partial charge in [-0.3, -0.25) is 9.69 Å². The van der Waals surface area contributed by atoms with Crippen LogP contribution >= 0.6 is 22.9 Å². The van der Waals surface area contributed by atoms with E-state index in [0.29, 0.717) is 18.7 Å². The second kappa shape index (κ2) is 9.60. The Morgan fingerprint density at radius 1 is 1.10 bits per heavy atom. The average molecular weight is 456 g/mol. The molecule has 0 atom stereocenters. The molecule has 0 radical (unpaired) electrons. The predicted octanol–water partition coefficient (Wildman–Crippen LogP) is 4.21. The molecular weight excluding hydrogens is 434 g/mol. The summed E-state index contributed by atoms with van der Waals surface area (Å²) in [6.45, 7) is 3.80.